The van der Waals surface area contributed by atoms with E-state index < -0.39 is 0 Å². The van der Waals surface area contributed by atoms with Gasteiger partial charge in [-0.2, -0.15) is 5.10 Å². The number of halogens is 2. The lowest BCUT2D eigenvalue weighted by atomic mass is 10.2. The standard InChI is InChI=1S/C13H7Br2N3OS/c14-9-1-2-12(16-4-9)18-5-8(6-19)13(17-18)11-3-10(15)7-20-11/h1-7H. The second kappa shape index (κ2) is 5.59. The van der Waals surface area contributed by atoms with Crippen molar-refractivity contribution in [2.75, 3.05) is 0 Å². The van der Waals surface area contributed by atoms with Gasteiger partial charge in [0.1, 0.15) is 5.69 Å². The van der Waals surface area contributed by atoms with Crippen LogP contribution >= 0.6 is 43.2 Å². The van der Waals surface area contributed by atoms with Gasteiger partial charge in [0.05, 0.1) is 10.4 Å². The molecule has 3 aromatic heterocycles. The third-order valence-electron chi connectivity index (χ3n) is 2.62. The molecule has 0 unspecified atom stereocenters. The van der Waals surface area contributed by atoms with Crippen molar-refractivity contribution >= 4 is 49.5 Å². The molecule has 7 heteroatoms. The Balaban J connectivity index is 2.09. The molecule has 0 aliphatic carbocycles. The Morgan fingerprint density at radius 3 is 2.70 bits per heavy atom. The topological polar surface area (TPSA) is 47.8 Å². The van der Waals surface area contributed by atoms with Gasteiger partial charge in [-0.3, -0.25) is 4.79 Å². The van der Waals surface area contributed by atoms with Crippen molar-refractivity contribution in [1.82, 2.24) is 14.8 Å². The number of nitrogens with zero attached hydrogens (tertiary/aromatic N) is 3. The molecule has 3 rings (SSSR count). The van der Waals surface area contributed by atoms with Crippen molar-refractivity contribution < 1.29 is 4.79 Å². The van der Waals surface area contributed by atoms with Gasteiger partial charge in [-0.1, -0.05) is 0 Å². The fourth-order valence-electron chi connectivity index (χ4n) is 1.72. The molecule has 0 aliphatic heterocycles. The van der Waals surface area contributed by atoms with Crippen molar-refractivity contribution in [3.8, 4) is 16.4 Å². The maximum atomic E-state index is 11.2. The number of carbonyl (C=O) groups is 1. The van der Waals surface area contributed by atoms with E-state index in [0.29, 0.717) is 17.1 Å². The highest BCUT2D eigenvalue weighted by atomic mass is 79.9. The molecule has 4 nitrogen and oxygen atoms in total. The first kappa shape index (κ1) is 13.7. The number of hydrogen-bond donors (Lipinski definition) is 0. The quantitative estimate of drug-likeness (QED) is 0.601. The highest BCUT2D eigenvalue weighted by Crippen LogP contribution is 2.31. The van der Waals surface area contributed by atoms with Crippen LogP contribution in [0, 0.1) is 0 Å². The summed E-state index contributed by atoms with van der Waals surface area (Å²) in [5.74, 6) is 0.665. The van der Waals surface area contributed by atoms with Gasteiger partial charge in [0.25, 0.3) is 0 Å². The zero-order valence-electron chi connectivity index (χ0n) is 9.96. The first-order chi connectivity index (χ1) is 9.67. The lowest BCUT2D eigenvalue weighted by molar-refractivity contribution is 0.112. The lowest BCUT2D eigenvalue weighted by Gasteiger charge is -1.99. The summed E-state index contributed by atoms with van der Waals surface area (Å²) in [6.45, 7) is 0. The molecule has 20 heavy (non-hydrogen) atoms. The predicted molar refractivity (Wildman–Crippen MR) is 85.5 cm³/mol. The molecule has 0 aliphatic rings. The van der Waals surface area contributed by atoms with Gasteiger partial charge >= 0.3 is 0 Å². The number of thiophene rings is 1. The largest absolute Gasteiger partial charge is 0.298 e. The van der Waals surface area contributed by atoms with Gasteiger partial charge < -0.3 is 0 Å². The first-order valence-electron chi connectivity index (χ1n) is 5.58. The van der Waals surface area contributed by atoms with Crippen molar-refractivity contribution in [3.05, 3.63) is 50.5 Å². The summed E-state index contributed by atoms with van der Waals surface area (Å²) in [6, 6.07) is 5.66. The van der Waals surface area contributed by atoms with E-state index in [-0.39, 0.29) is 0 Å². The van der Waals surface area contributed by atoms with Gasteiger partial charge in [0.15, 0.2) is 12.1 Å². The predicted octanol–water partition coefficient (Wildman–Crippen LogP) is 4.33. The molecule has 0 radical (unpaired) electrons. The van der Waals surface area contributed by atoms with Crippen molar-refractivity contribution in [2.45, 2.75) is 0 Å². The average Bonchev–Trinajstić information content (AvgIpc) is 3.05. The number of carbonyl (C=O) groups excluding carboxylic acids is 1. The van der Waals surface area contributed by atoms with E-state index in [1.807, 2.05) is 23.6 Å². The summed E-state index contributed by atoms with van der Waals surface area (Å²) in [6.07, 6.45) is 4.19. The second-order valence-electron chi connectivity index (χ2n) is 3.96. The average molecular weight is 413 g/mol. The lowest BCUT2D eigenvalue weighted by Crippen LogP contribution is -1.97. The summed E-state index contributed by atoms with van der Waals surface area (Å²) in [7, 11) is 0. The third kappa shape index (κ3) is 2.61. The summed E-state index contributed by atoms with van der Waals surface area (Å²) < 4.78 is 3.48. The molecule has 3 heterocycles. The van der Waals surface area contributed by atoms with Crippen molar-refractivity contribution in [1.29, 1.82) is 0 Å². The van der Waals surface area contributed by atoms with Gasteiger partial charge in [-0.15, -0.1) is 11.3 Å². The maximum Gasteiger partial charge on any atom is 0.153 e. The molecule has 0 bridgehead atoms. The second-order valence-corrected chi connectivity index (χ2v) is 6.70. The highest BCUT2D eigenvalue weighted by Gasteiger charge is 2.13. The van der Waals surface area contributed by atoms with Crippen LogP contribution < -0.4 is 0 Å². The molecule has 0 atom stereocenters. The zero-order chi connectivity index (χ0) is 14.1. The fourth-order valence-corrected chi connectivity index (χ4v) is 3.39. The van der Waals surface area contributed by atoms with Gasteiger partial charge in [0.2, 0.25) is 0 Å². The van der Waals surface area contributed by atoms with Gasteiger partial charge in [-0.05, 0) is 50.1 Å². The molecule has 3 aromatic rings. The van der Waals surface area contributed by atoms with E-state index >= 15 is 0 Å². The monoisotopic (exact) mass is 411 g/mol. The number of aldehydes is 1. The van der Waals surface area contributed by atoms with Gasteiger partial charge in [-0.25, -0.2) is 9.67 Å². The van der Waals surface area contributed by atoms with E-state index in [0.717, 1.165) is 20.1 Å². The van der Waals surface area contributed by atoms with E-state index in [1.165, 1.54) is 11.3 Å². The number of aromatic nitrogens is 3. The van der Waals surface area contributed by atoms with E-state index in [1.54, 1.807) is 17.1 Å². The van der Waals surface area contributed by atoms with Crippen LogP contribution in [-0.4, -0.2) is 21.1 Å². The molecule has 0 N–H and O–H groups in total. The smallest absolute Gasteiger partial charge is 0.153 e. The van der Waals surface area contributed by atoms with Crippen LogP contribution in [0.3, 0.4) is 0 Å². The Bertz CT molecular complexity index is 764. The van der Waals surface area contributed by atoms with Crippen LogP contribution in [-0.2, 0) is 0 Å². The highest BCUT2D eigenvalue weighted by molar-refractivity contribution is 9.10. The van der Waals surface area contributed by atoms with E-state index in [4.69, 9.17) is 0 Å². The van der Waals surface area contributed by atoms with Crippen molar-refractivity contribution in [2.24, 2.45) is 0 Å². The van der Waals surface area contributed by atoms with Crippen LogP contribution in [0.15, 0.2) is 44.9 Å². The summed E-state index contributed by atoms with van der Waals surface area (Å²) in [5, 5.41) is 6.42. The summed E-state index contributed by atoms with van der Waals surface area (Å²) >= 11 is 8.28. The third-order valence-corrected chi connectivity index (χ3v) is 4.78. The molecular formula is C13H7Br2N3OS. The molecule has 100 valence electrons. The maximum absolute atomic E-state index is 11.2. The Kier molecular flexibility index (Phi) is 3.82. The normalized spacial score (nSPS) is 10.7. The number of hydrogen-bond acceptors (Lipinski definition) is 4. The minimum absolute atomic E-state index is 0.545. The molecule has 0 saturated carbocycles. The minimum Gasteiger partial charge on any atom is -0.298 e. The van der Waals surface area contributed by atoms with Crippen LogP contribution in [0.4, 0.5) is 0 Å². The van der Waals surface area contributed by atoms with E-state index in [9.17, 15) is 4.79 Å². The molecule has 0 aromatic carbocycles. The van der Waals surface area contributed by atoms with Gasteiger partial charge in [0, 0.05) is 26.7 Å². The number of pyridine rings is 1. The summed E-state index contributed by atoms with van der Waals surface area (Å²) in [5.41, 5.74) is 1.21. The Hall–Kier alpha value is -1.31. The van der Waals surface area contributed by atoms with Crippen LogP contribution in [0.1, 0.15) is 10.4 Å². The van der Waals surface area contributed by atoms with Crippen LogP contribution in [0.5, 0.6) is 0 Å². The molecule has 0 fully saturated rings. The summed E-state index contributed by atoms with van der Waals surface area (Å²) in [4.78, 5) is 16.4. The minimum atomic E-state index is 0.545. The van der Waals surface area contributed by atoms with Crippen molar-refractivity contribution in [3.63, 3.8) is 0 Å². The molecular weight excluding hydrogens is 406 g/mol. The first-order valence-corrected chi connectivity index (χ1v) is 8.05. The Morgan fingerprint density at radius 1 is 1.25 bits per heavy atom. The number of rotatable bonds is 3. The molecule has 0 amide bonds. The fraction of sp³-hybridized carbons (Fsp3) is 0. The van der Waals surface area contributed by atoms with Crippen LogP contribution in [0.25, 0.3) is 16.4 Å². The molecule has 0 saturated heterocycles. The zero-order valence-corrected chi connectivity index (χ0v) is 13.9. The SMILES string of the molecule is O=Cc1cn(-c2ccc(Br)cn2)nc1-c1cc(Br)cs1. The Labute approximate surface area is 135 Å². The molecule has 0 spiro atoms. The van der Waals surface area contributed by atoms with E-state index in [2.05, 4.69) is 41.9 Å². The Morgan fingerprint density at radius 2 is 2.10 bits per heavy atom. The van der Waals surface area contributed by atoms with Crippen LogP contribution in [0.2, 0.25) is 0 Å².